The van der Waals surface area contributed by atoms with Crippen LogP contribution in [0, 0.1) is 0 Å². The van der Waals surface area contributed by atoms with Gasteiger partial charge < -0.3 is 25.4 Å². The largest absolute Gasteiger partial charge is 0.493 e. The molecule has 0 atom stereocenters. The molecule has 0 spiro atoms. The molecule has 7 heteroatoms. The van der Waals surface area contributed by atoms with E-state index in [4.69, 9.17) is 20.2 Å². The Morgan fingerprint density at radius 3 is 2.43 bits per heavy atom. The number of methoxy groups -OCH3 is 2. The molecule has 2 aliphatic rings. The summed E-state index contributed by atoms with van der Waals surface area (Å²) in [5.74, 6) is 2.05. The van der Waals surface area contributed by atoms with Gasteiger partial charge in [0.1, 0.15) is 0 Å². The summed E-state index contributed by atoms with van der Waals surface area (Å²) in [6.45, 7) is 6.20. The predicted octanol–water partition coefficient (Wildman–Crippen LogP) is 2.10. The molecule has 0 aromatic heterocycles. The summed E-state index contributed by atoms with van der Waals surface area (Å²) in [6, 6.07) is 6.01. The fraction of sp³-hybridized carbons (Fsp3) is 0.696. The van der Waals surface area contributed by atoms with Gasteiger partial charge >= 0.3 is 0 Å². The van der Waals surface area contributed by atoms with E-state index in [1.807, 2.05) is 12.1 Å². The molecule has 168 valence electrons. The van der Waals surface area contributed by atoms with E-state index in [1.54, 1.807) is 14.2 Å². The third-order valence-corrected chi connectivity index (χ3v) is 6.66. The maximum Gasteiger partial charge on any atom is 0.188 e. The molecule has 0 amide bonds. The van der Waals surface area contributed by atoms with Crippen LogP contribution in [0.25, 0.3) is 0 Å². The number of hydrogen-bond donors (Lipinski definition) is 2. The van der Waals surface area contributed by atoms with Gasteiger partial charge in [-0.05, 0) is 83.0 Å². The smallest absolute Gasteiger partial charge is 0.188 e. The topological polar surface area (TPSA) is 75.4 Å². The molecule has 2 aliphatic heterocycles. The molecule has 2 fully saturated rings. The summed E-state index contributed by atoms with van der Waals surface area (Å²) >= 11 is 0. The number of aliphatic imine (C=N–C) groups is 1. The third-order valence-electron chi connectivity index (χ3n) is 6.66. The van der Waals surface area contributed by atoms with Crippen LogP contribution in [0.15, 0.2) is 23.2 Å². The van der Waals surface area contributed by atoms with Gasteiger partial charge in [0.05, 0.1) is 20.8 Å². The second-order valence-electron chi connectivity index (χ2n) is 8.64. The van der Waals surface area contributed by atoms with E-state index in [0.717, 1.165) is 44.1 Å². The minimum absolute atomic E-state index is 0.169. The van der Waals surface area contributed by atoms with Crippen LogP contribution in [-0.4, -0.2) is 81.8 Å². The van der Waals surface area contributed by atoms with Crippen LogP contribution in [0.3, 0.4) is 0 Å². The van der Waals surface area contributed by atoms with Crippen LogP contribution in [-0.2, 0) is 6.42 Å². The number of likely N-dealkylation sites (tertiary alicyclic amines) is 2. The highest BCUT2D eigenvalue weighted by Crippen LogP contribution is 2.32. The first-order valence-corrected chi connectivity index (χ1v) is 11.2. The highest BCUT2D eigenvalue weighted by Gasteiger charge is 2.39. The first-order valence-electron chi connectivity index (χ1n) is 11.2. The molecular formula is C23H39N5O2. The summed E-state index contributed by atoms with van der Waals surface area (Å²) in [6.07, 6.45) is 7.16. The predicted molar refractivity (Wildman–Crippen MR) is 123 cm³/mol. The molecule has 7 nitrogen and oxygen atoms in total. The molecule has 1 aromatic carbocycles. The lowest BCUT2D eigenvalue weighted by molar-refractivity contribution is 0.0208. The van der Waals surface area contributed by atoms with Gasteiger partial charge in [0.2, 0.25) is 0 Å². The molecular weight excluding hydrogens is 378 g/mol. The van der Waals surface area contributed by atoms with Crippen LogP contribution < -0.4 is 20.5 Å². The molecule has 0 bridgehead atoms. The molecule has 30 heavy (non-hydrogen) atoms. The zero-order valence-electron chi connectivity index (χ0n) is 19.0. The standard InChI is InChI=1S/C23H39N5O2/c1-27-15-10-23(11-16-27,28-13-5-4-6-14-28)18-26-22(24)25-12-9-19-7-8-20(29-2)21(17-19)30-3/h7-8,17H,4-6,9-16,18H2,1-3H3,(H3,24,25,26). The Hall–Kier alpha value is -1.99. The van der Waals surface area contributed by atoms with Gasteiger partial charge in [0.15, 0.2) is 17.5 Å². The van der Waals surface area contributed by atoms with Gasteiger partial charge in [-0.15, -0.1) is 0 Å². The zero-order chi connectivity index (χ0) is 21.4. The lowest BCUT2D eigenvalue weighted by atomic mass is 9.84. The minimum atomic E-state index is 0.169. The summed E-state index contributed by atoms with van der Waals surface area (Å²) in [4.78, 5) is 9.92. The maximum atomic E-state index is 6.24. The van der Waals surface area contributed by atoms with Crippen molar-refractivity contribution in [3.8, 4) is 11.5 Å². The van der Waals surface area contributed by atoms with Crippen molar-refractivity contribution in [2.24, 2.45) is 10.7 Å². The highest BCUT2D eigenvalue weighted by molar-refractivity contribution is 5.77. The second kappa shape index (κ2) is 10.9. The van der Waals surface area contributed by atoms with Crippen molar-refractivity contribution in [1.29, 1.82) is 0 Å². The van der Waals surface area contributed by atoms with Crippen molar-refractivity contribution >= 4 is 5.96 Å². The van der Waals surface area contributed by atoms with Gasteiger partial charge in [0, 0.05) is 12.1 Å². The normalized spacial score (nSPS) is 20.7. The number of hydrogen-bond acceptors (Lipinski definition) is 5. The highest BCUT2D eigenvalue weighted by atomic mass is 16.5. The van der Waals surface area contributed by atoms with Gasteiger partial charge in [-0.25, -0.2) is 0 Å². The molecule has 2 saturated heterocycles. The number of nitrogens with zero attached hydrogens (tertiary/aromatic N) is 3. The minimum Gasteiger partial charge on any atom is -0.493 e. The number of nitrogens with two attached hydrogens (primary N) is 1. The third kappa shape index (κ3) is 5.79. The summed E-state index contributed by atoms with van der Waals surface area (Å²) < 4.78 is 10.7. The van der Waals surface area contributed by atoms with Crippen LogP contribution in [0.5, 0.6) is 11.5 Å². The summed E-state index contributed by atoms with van der Waals surface area (Å²) in [7, 11) is 5.52. The Labute approximate surface area is 181 Å². The molecule has 3 rings (SSSR count). The van der Waals surface area contributed by atoms with E-state index in [1.165, 1.54) is 50.8 Å². The number of nitrogens with one attached hydrogen (secondary N) is 1. The lowest BCUT2D eigenvalue weighted by Crippen LogP contribution is -2.58. The van der Waals surface area contributed by atoms with E-state index in [9.17, 15) is 0 Å². The van der Waals surface area contributed by atoms with Crippen molar-refractivity contribution in [1.82, 2.24) is 15.1 Å². The Morgan fingerprint density at radius 1 is 1.07 bits per heavy atom. The van der Waals surface area contributed by atoms with E-state index < -0.39 is 0 Å². The number of rotatable bonds is 8. The van der Waals surface area contributed by atoms with Gasteiger partial charge in [0.25, 0.3) is 0 Å². The Kier molecular flexibility index (Phi) is 8.22. The average Bonchev–Trinajstić information content (AvgIpc) is 2.79. The molecule has 0 radical (unpaired) electrons. The second-order valence-corrected chi connectivity index (χ2v) is 8.64. The van der Waals surface area contributed by atoms with Crippen LogP contribution >= 0.6 is 0 Å². The monoisotopic (exact) mass is 417 g/mol. The van der Waals surface area contributed by atoms with Crippen LogP contribution in [0.4, 0.5) is 0 Å². The first kappa shape index (κ1) is 22.7. The molecule has 3 N–H and O–H groups in total. The van der Waals surface area contributed by atoms with Crippen LogP contribution in [0.1, 0.15) is 37.7 Å². The fourth-order valence-corrected chi connectivity index (χ4v) is 4.64. The van der Waals surface area contributed by atoms with Gasteiger partial charge in [-0.2, -0.15) is 0 Å². The fourth-order valence-electron chi connectivity index (χ4n) is 4.64. The molecule has 0 unspecified atom stereocenters. The van der Waals surface area contributed by atoms with E-state index in [-0.39, 0.29) is 5.54 Å². The van der Waals surface area contributed by atoms with Crippen molar-refractivity contribution < 1.29 is 9.47 Å². The van der Waals surface area contributed by atoms with E-state index >= 15 is 0 Å². The molecule has 0 saturated carbocycles. The SMILES string of the molecule is COc1ccc(CCNC(N)=NCC2(N3CCCCC3)CCN(C)CC2)cc1OC. The van der Waals surface area contributed by atoms with Gasteiger partial charge in [-0.1, -0.05) is 12.5 Å². The number of ether oxygens (including phenoxy) is 2. The zero-order valence-corrected chi connectivity index (χ0v) is 19.0. The molecule has 1 aromatic rings. The van der Waals surface area contributed by atoms with Crippen molar-refractivity contribution in [2.75, 3.05) is 60.5 Å². The first-order chi connectivity index (χ1) is 14.6. The van der Waals surface area contributed by atoms with Crippen molar-refractivity contribution in [3.05, 3.63) is 23.8 Å². The molecule has 0 aliphatic carbocycles. The van der Waals surface area contributed by atoms with E-state index in [0.29, 0.717) is 5.96 Å². The summed E-state index contributed by atoms with van der Waals surface area (Å²) in [5, 5.41) is 3.29. The lowest BCUT2D eigenvalue weighted by Gasteiger charge is -2.49. The maximum absolute atomic E-state index is 6.24. The Balaban J connectivity index is 1.55. The Bertz CT molecular complexity index is 695. The number of piperidine rings is 2. The summed E-state index contributed by atoms with van der Waals surface area (Å²) in [5.41, 5.74) is 7.58. The average molecular weight is 418 g/mol. The number of benzene rings is 1. The molecule has 2 heterocycles. The number of guanidine groups is 1. The van der Waals surface area contributed by atoms with Crippen LogP contribution in [0.2, 0.25) is 0 Å². The van der Waals surface area contributed by atoms with Crippen molar-refractivity contribution in [3.63, 3.8) is 0 Å². The van der Waals surface area contributed by atoms with Gasteiger partial charge in [-0.3, -0.25) is 9.89 Å². The van der Waals surface area contributed by atoms with E-state index in [2.05, 4.69) is 28.2 Å². The van der Waals surface area contributed by atoms with Crippen molar-refractivity contribution in [2.45, 2.75) is 44.1 Å². The quantitative estimate of drug-likeness (QED) is 0.498. The Morgan fingerprint density at radius 2 is 1.77 bits per heavy atom.